The fraction of sp³-hybridized carbons (Fsp3) is 0.737. The van der Waals surface area contributed by atoms with Gasteiger partial charge < -0.3 is 19.9 Å². The fourth-order valence-electron chi connectivity index (χ4n) is 3.62. The molecule has 0 unspecified atom stereocenters. The van der Waals surface area contributed by atoms with Crippen molar-refractivity contribution in [2.24, 2.45) is 10.9 Å². The highest BCUT2D eigenvalue weighted by molar-refractivity contribution is 14.0. The molecule has 7 nitrogen and oxygen atoms in total. The van der Waals surface area contributed by atoms with Crippen molar-refractivity contribution in [3.8, 4) is 0 Å². The van der Waals surface area contributed by atoms with Crippen LogP contribution in [0.15, 0.2) is 11.2 Å². The molecule has 0 aromatic carbocycles. The lowest BCUT2D eigenvalue weighted by molar-refractivity contribution is -0.140. The Labute approximate surface area is 189 Å². The summed E-state index contributed by atoms with van der Waals surface area (Å²) >= 11 is 1.79. The highest BCUT2D eigenvalue weighted by Gasteiger charge is 2.30. The van der Waals surface area contributed by atoms with E-state index in [4.69, 9.17) is 4.74 Å². The molecule has 2 aliphatic heterocycles. The number of carbonyl (C=O) groups excluding carboxylic acids is 1. The molecule has 0 bridgehead atoms. The third kappa shape index (κ3) is 6.28. The molecule has 0 aliphatic carbocycles. The molecule has 1 aromatic rings. The van der Waals surface area contributed by atoms with Crippen LogP contribution in [0, 0.1) is 5.92 Å². The number of morpholine rings is 1. The lowest BCUT2D eigenvalue weighted by Gasteiger charge is -2.36. The summed E-state index contributed by atoms with van der Waals surface area (Å²) in [5, 5.41) is 4.62. The van der Waals surface area contributed by atoms with E-state index in [2.05, 4.69) is 27.1 Å². The average Bonchev–Trinajstić information content (AvgIpc) is 3.19. The van der Waals surface area contributed by atoms with E-state index in [-0.39, 0.29) is 29.9 Å². The quantitative estimate of drug-likeness (QED) is 0.365. The number of aliphatic imine (C=N–C) groups is 1. The van der Waals surface area contributed by atoms with Gasteiger partial charge >= 0.3 is 0 Å². The van der Waals surface area contributed by atoms with E-state index in [1.807, 2.05) is 18.1 Å². The number of hydrogen-bond acceptors (Lipinski definition) is 5. The molecule has 3 heterocycles. The van der Waals surface area contributed by atoms with Crippen LogP contribution in [-0.2, 0) is 22.4 Å². The van der Waals surface area contributed by atoms with Crippen LogP contribution >= 0.6 is 35.3 Å². The molecule has 2 aliphatic rings. The lowest BCUT2D eigenvalue weighted by Crippen LogP contribution is -2.50. The van der Waals surface area contributed by atoms with Crippen LogP contribution in [-0.4, -0.2) is 79.6 Å². The van der Waals surface area contributed by atoms with Gasteiger partial charge in [0.05, 0.1) is 18.2 Å². The first-order valence-corrected chi connectivity index (χ1v) is 10.8. The minimum atomic E-state index is 0. The Hall–Kier alpha value is -0.940. The number of amides is 1. The maximum atomic E-state index is 12.7. The number of nitrogens with zero attached hydrogens (tertiary/aromatic N) is 4. The number of halogens is 1. The number of rotatable bonds is 5. The molecule has 9 heteroatoms. The Kier molecular flexibility index (Phi) is 9.93. The Balaban J connectivity index is 0.00000280. The standard InChI is InChI=1S/C19H31N5O2S.HI/c1-3-16-14-22-17(27-16)4-7-21-19(20-2)24-8-5-15(6-9-24)18(25)23-10-12-26-13-11-23;/h14-15H,3-13H2,1-2H3,(H,20,21);1H. The second kappa shape index (κ2) is 11.9. The molecule has 0 spiro atoms. The van der Waals surface area contributed by atoms with Gasteiger partial charge in [-0.25, -0.2) is 4.98 Å². The highest BCUT2D eigenvalue weighted by Crippen LogP contribution is 2.20. The number of guanidine groups is 1. The zero-order chi connectivity index (χ0) is 19.1. The van der Waals surface area contributed by atoms with Gasteiger partial charge in [0.15, 0.2) is 5.96 Å². The largest absolute Gasteiger partial charge is 0.378 e. The fourth-order valence-corrected chi connectivity index (χ4v) is 4.48. The minimum Gasteiger partial charge on any atom is -0.378 e. The van der Waals surface area contributed by atoms with Gasteiger partial charge in [-0.15, -0.1) is 35.3 Å². The number of ether oxygens (including phenoxy) is 1. The topological polar surface area (TPSA) is 70.1 Å². The Bertz CT molecular complexity index is 640. The van der Waals surface area contributed by atoms with Crippen LogP contribution in [0.25, 0.3) is 0 Å². The first-order chi connectivity index (χ1) is 13.2. The second-order valence-electron chi connectivity index (χ2n) is 7.00. The highest BCUT2D eigenvalue weighted by atomic mass is 127. The van der Waals surface area contributed by atoms with Crippen molar-refractivity contribution in [3.05, 3.63) is 16.1 Å². The summed E-state index contributed by atoms with van der Waals surface area (Å²) in [7, 11) is 1.83. The van der Waals surface area contributed by atoms with Crippen LogP contribution in [0.1, 0.15) is 29.7 Å². The van der Waals surface area contributed by atoms with Crippen LogP contribution < -0.4 is 5.32 Å². The first kappa shape index (κ1) is 23.3. The third-order valence-electron chi connectivity index (χ3n) is 5.25. The molecular formula is C19H32IN5O2S. The number of aromatic nitrogens is 1. The molecule has 2 saturated heterocycles. The Morgan fingerprint density at radius 1 is 1.29 bits per heavy atom. The van der Waals surface area contributed by atoms with Gasteiger partial charge in [0.25, 0.3) is 0 Å². The summed E-state index contributed by atoms with van der Waals surface area (Å²) in [5.74, 6) is 1.37. The summed E-state index contributed by atoms with van der Waals surface area (Å²) in [4.78, 5) is 27.1. The summed E-state index contributed by atoms with van der Waals surface area (Å²) in [5.41, 5.74) is 0. The Morgan fingerprint density at radius 2 is 2.00 bits per heavy atom. The maximum Gasteiger partial charge on any atom is 0.225 e. The lowest BCUT2D eigenvalue weighted by atomic mass is 9.95. The van der Waals surface area contributed by atoms with E-state index in [1.54, 1.807) is 11.3 Å². The van der Waals surface area contributed by atoms with Gasteiger partial charge in [0, 0.05) is 63.2 Å². The second-order valence-corrected chi connectivity index (χ2v) is 8.20. The van der Waals surface area contributed by atoms with Gasteiger partial charge in [0.2, 0.25) is 5.91 Å². The monoisotopic (exact) mass is 521 g/mol. The SMILES string of the molecule is CCc1cnc(CCNC(=NC)N2CCC(C(=O)N3CCOCC3)CC2)s1.I. The van der Waals surface area contributed by atoms with Crippen molar-refractivity contribution < 1.29 is 9.53 Å². The number of thiazole rings is 1. The first-order valence-electron chi connectivity index (χ1n) is 9.97. The van der Waals surface area contributed by atoms with E-state index in [0.717, 1.165) is 64.4 Å². The van der Waals surface area contributed by atoms with Crippen molar-refractivity contribution in [1.82, 2.24) is 20.1 Å². The van der Waals surface area contributed by atoms with E-state index in [0.29, 0.717) is 19.1 Å². The van der Waals surface area contributed by atoms with Crippen molar-refractivity contribution in [2.75, 3.05) is 53.0 Å². The van der Waals surface area contributed by atoms with Gasteiger partial charge in [-0.2, -0.15) is 0 Å². The number of nitrogens with one attached hydrogen (secondary N) is 1. The molecular weight excluding hydrogens is 489 g/mol. The molecule has 0 atom stereocenters. The van der Waals surface area contributed by atoms with Gasteiger partial charge in [-0.3, -0.25) is 9.79 Å². The van der Waals surface area contributed by atoms with Gasteiger partial charge in [0.1, 0.15) is 0 Å². The van der Waals surface area contributed by atoms with Gasteiger partial charge in [-0.05, 0) is 19.3 Å². The molecule has 2 fully saturated rings. The minimum absolute atomic E-state index is 0. The average molecular weight is 521 g/mol. The van der Waals surface area contributed by atoms with E-state index in [1.165, 1.54) is 9.88 Å². The summed E-state index contributed by atoms with van der Waals surface area (Å²) in [6.07, 6.45) is 5.72. The van der Waals surface area contributed by atoms with Crippen LogP contribution in [0.3, 0.4) is 0 Å². The summed E-state index contributed by atoms with van der Waals surface area (Å²) in [6, 6.07) is 0. The molecule has 0 radical (unpaired) electrons. The molecule has 28 heavy (non-hydrogen) atoms. The van der Waals surface area contributed by atoms with Gasteiger partial charge in [-0.1, -0.05) is 6.92 Å². The predicted octanol–water partition coefficient (Wildman–Crippen LogP) is 2.01. The van der Waals surface area contributed by atoms with E-state index in [9.17, 15) is 4.79 Å². The third-order valence-corrected chi connectivity index (χ3v) is 6.45. The number of likely N-dealkylation sites (tertiary alicyclic amines) is 1. The van der Waals surface area contributed by atoms with E-state index < -0.39 is 0 Å². The van der Waals surface area contributed by atoms with Crippen LogP contribution in [0.5, 0.6) is 0 Å². The number of carbonyl (C=O) groups is 1. The molecule has 1 N–H and O–H groups in total. The summed E-state index contributed by atoms with van der Waals surface area (Å²) < 4.78 is 5.35. The molecule has 0 saturated carbocycles. The van der Waals surface area contributed by atoms with Crippen LogP contribution in [0.4, 0.5) is 0 Å². The molecule has 158 valence electrons. The molecule has 1 aromatic heterocycles. The molecule has 1 amide bonds. The van der Waals surface area contributed by atoms with Crippen LogP contribution in [0.2, 0.25) is 0 Å². The maximum absolute atomic E-state index is 12.7. The van der Waals surface area contributed by atoms with Crippen molar-refractivity contribution >= 4 is 47.2 Å². The normalized spacial score (nSPS) is 18.7. The number of aryl methyl sites for hydroxylation is 1. The predicted molar refractivity (Wildman–Crippen MR) is 124 cm³/mol. The van der Waals surface area contributed by atoms with Crippen molar-refractivity contribution in [2.45, 2.75) is 32.6 Å². The summed E-state index contributed by atoms with van der Waals surface area (Å²) in [6.45, 7) is 7.54. The number of hydrogen-bond donors (Lipinski definition) is 1. The number of piperidine rings is 1. The van der Waals surface area contributed by atoms with E-state index >= 15 is 0 Å². The Morgan fingerprint density at radius 3 is 2.61 bits per heavy atom. The van der Waals surface area contributed by atoms with Crippen molar-refractivity contribution in [1.29, 1.82) is 0 Å². The smallest absolute Gasteiger partial charge is 0.225 e. The zero-order valence-electron chi connectivity index (χ0n) is 16.9. The van der Waals surface area contributed by atoms with Crippen molar-refractivity contribution in [3.63, 3.8) is 0 Å². The zero-order valence-corrected chi connectivity index (χ0v) is 20.0. The molecule has 3 rings (SSSR count).